The Morgan fingerprint density at radius 1 is 1.20 bits per heavy atom. The Bertz CT molecular complexity index is 739. The van der Waals surface area contributed by atoms with Crippen LogP contribution in [0.3, 0.4) is 0 Å². The molecule has 1 saturated heterocycles. The molecule has 3 atom stereocenters. The van der Waals surface area contributed by atoms with E-state index in [1.807, 2.05) is 38.1 Å². The SMILES string of the molecule is CC(C)C[C@H](NC(=O)[C@@H](CC(=O)[C@@H]1CCN1c1ccc(Cl)cc1)CC1CC1)B(O)O. The molecule has 30 heavy (non-hydrogen) atoms. The molecule has 1 aliphatic carbocycles. The van der Waals surface area contributed by atoms with Crippen LogP contribution in [0, 0.1) is 17.8 Å². The Balaban J connectivity index is 1.63. The van der Waals surface area contributed by atoms with Crippen molar-refractivity contribution in [3.63, 3.8) is 0 Å². The number of anilines is 1. The van der Waals surface area contributed by atoms with Gasteiger partial charge in [0.25, 0.3) is 0 Å². The Morgan fingerprint density at radius 3 is 2.37 bits per heavy atom. The van der Waals surface area contributed by atoms with Crippen LogP contribution in [-0.2, 0) is 9.59 Å². The fourth-order valence-electron chi connectivity index (χ4n) is 4.15. The molecule has 1 amide bonds. The molecule has 6 nitrogen and oxygen atoms in total. The lowest BCUT2D eigenvalue weighted by molar-refractivity contribution is -0.131. The minimum absolute atomic E-state index is 0.0713. The van der Waals surface area contributed by atoms with Gasteiger partial charge in [-0.1, -0.05) is 38.3 Å². The number of carbonyl (C=O) groups excluding carboxylic acids is 2. The Morgan fingerprint density at radius 2 is 1.87 bits per heavy atom. The van der Waals surface area contributed by atoms with Crippen LogP contribution in [0.1, 0.15) is 52.4 Å². The fourth-order valence-corrected chi connectivity index (χ4v) is 4.27. The van der Waals surface area contributed by atoms with Crippen LogP contribution in [-0.4, -0.2) is 47.4 Å². The highest BCUT2D eigenvalue weighted by atomic mass is 35.5. The molecule has 3 N–H and O–H groups in total. The number of halogens is 1. The topological polar surface area (TPSA) is 89.9 Å². The van der Waals surface area contributed by atoms with Gasteiger partial charge in [0, 0.05) is 29.6 Å². The molecule has 164 valence electrons. The minimum Gasteiger partial charge on any atom is -0.426 e. The maximum atomic E-state index is 13.0. The summed E-state index contributed by atoms with van der Waals surface area (Å²) in [6.07, 6.45) is 4.31. The van der Waals surface area contributed by atoms with Crippen molar-refractivity contribution in [2.75, 3.05) is 11.4 Å². The maximum Gasteiger partial charge on any atom is 0.475 e. The molecule has 2 fully saturated rings. The lowest BCUT2D eigenvalue weighted by Crippen LogP contribution is -2.54. The van der Waals surface area contributed by atoms with Crippen LogP contribution >= 0.6 is 11.6 Å². The van der Waals surface area contributed by atoms with Crippen LogP contribution in [0.5, 0.6) is 0 Å². The Labute approximate surface area is 184 Å². The molecule has 8 heteroatoms. The quantitative estimate of drug-likeness (QED) is 0.466. The second kappa shape index (κ2) is 10.2. The average molecular weight is 435 g/mol. The van der Waals surface area contributed by atoms with E-state index in [1.54, 1.807) is 0 Å². The van der Waals surface area contributed by atoms with Crippen LogP contribution in [0.2, 0.25) is 5.02 Å². The number of rotatable bonds is 11. The van der Waals surface area contributed by atoms with Crippen molar-refractivity contribution in [3.05, 3.63) is 29.3 Å². The van der Waals surface area contributed by atoms with Crippen molar-refractivity contribution < 1.29 is 19.6 Å². The van der Waals surface area contributed by atoms with Crippen LogP contribution in [0.4, 0.5) is 5.69 Å². The van der Waals surface area contributed by atoms with Crippen molar-refractivity contribution in [2.45, 2.75) is 64.4 Å². The van der Waals surface area contributed by atoms with Gasteiger partial charge in [-0.3, -0.25) is 9.59 Å². The standard InChI is InChI=1S/C22H32BClN2O4/c1-14(2)11-21(23(29)30)25-22(28)16(12-15-3-4-15)13-20(27)19-9-10-26(19)18-7-5-17(24)6-8-18/h5-8,14-16,19,21,29-30H,3-4,9-13H2,1-2H3,(H,25,28)/t16-,19+,21+/m1/s1. The van der Waals surface area contributed by atoms with Gasteiger partial charge in [-0.15, -0.1) is 0 Å². The predicted octanol–water partition coefficient (Wildman–Crippen LogP) is 2.84. The predicted molar refractivity (Wildman–Crippen MR) is 119 cm³/mol. The summed E-state index contributed by atoms with van der Waals surface area (Å²) in [4.78, 5) is 28.0. The Kier molecular flexibility index (Phi) is 7.83. The number of benzene rings is 1. The second-order valence-corrected chi connectivity index (χ2v) is 9.62. The number of nitrogens with zero attached hydrogens (tertiary/aromatic N) is 1. The summed E-state index contributed by atoms with van der Waals surface area (Å²) in [5.41, 5.74) is 0.965. The van der Waals surface area contributed by atoms with Gasteiger partial charge in [0.15, 0.2) is 5.78 Å². The van der Waals surface area contributed by atoms with Crippen LogP contribution in [0.15, 0.2) is 24.3 Å². The molecule has 1 saturated carbocycles. The monoisotopic (exact) mass is 434 g/mol. The molecule has 1 aliphatic heterocycles. The third kappa shape index (κ3) is 6.22. The molecule has 1 aromatic carbocycles. The van der Waals surface area contributed by atoms with Crippen LogP contribution < -0.4 is 10.2 Å². The molecule has 0 bridgehead atoms. The first-order valence-electron chi connectivity index (χ1n) is 11.0. The van der Waals surface area contributed by atoms with Gasteiger partial charge >= 0.3 is 7.12 Å². The molecule has 0 spiro atoms. The van der Waals surface area contributed by atoms with E-state index in [9.17, 15) is 19.6 Å². The van der Waals surface area contributed by atoms with E-state index >= 15 is 0 Å². The zero-order valence-corrected chi connectivity index (χ0v) is 18.5. The number of ketones is 1. The molecular formula is C22H32BClN2O4. The normalized spacial score (nSPS) is 20.5. The molecule has 0 unspecified atom stereocenters. The molecule has 0 aromatic heterocycles. The van der Waals surface area contributed by atoms with Gasteiger partial charge < -0.3 is 20.3 Å². The summed E-state index contributed by atoms with van der Waals surface area (Å²) >= 11 is 5.96. The number of Topliss-reactive ketones (excluding diaryl/α,β-unsaturated/α-hetero) is 1. The molecule has 1 aromatic rings. The zero-order valence-electron chi connectivity index (χ0n) is 17.8. The summed E-state index contributed by atoms with van der Waals surface area (Å²) in [5.74, 6) is -0.614. The van der Waals surface area contributed by atoms with Gasteiger partial charge in [-0.25, -0.2) is 0 Å². The van der Waals surface area contributed by atoms with E-state index in [2.05, 4.69) is 10.2 Å². The van der Waals surface area contributed by atoms with E-state index in [0.717, 1.165) is 31.5 Å². The highest BCUT2D eigenvalue weighted by molar-refractivity contribution is 6.43. The van der Waals surface area contributed by atoms with Crippen molar-refractivity contribution in [1.29, 1.82) is 0 Å². The number of carbonyl (C=O) groups is 2. The largest absolute Gasteiger partial charge is 0.475 e. The first-order chi connectivity index (χ1) is 14.2. The van der Waals surface area contributed by atoms with Gasteiger partial charge in [-0.05, 0) is 55.4 Å². The molecule has 3 rings (SSSR count). The van der Waals surface area contributed by atoms with Crippen molar-refractivity contribution >= 4 is 36.1 Å². The lowest BCUT2D eigenvalue weighted by Gasteiger charge is -2.42. The first kappa shape index (κ1) is 23.1. The summed E-state index contributed by atoms with van der Waals surface area (Å²) in [6, 6.07) is 7.24. The van der Waals surface area contributed by atoms with Gasteiger partial charge in [0.2, 0.25) is 5.91 Å². The first-order valence-corrected chi connectivity index (χ1v) is 11.3. The third-order valence-electron chi connectivity index (χ3n) is 6.10. The summed E-state index contributed by atoms with van der Waals surface area (Å²) in [7, 11) is -1.61. The fraction of sp³-hybridized carbons (Fsp3) is 0.636. The van der Waals surface area contributed by atoms with Gasteiger partial charge in [0.05, 0.1) is 12.0 Å². The second-order valence-electron chi connectivity index (χ2n) is 9.18. The van der Waals surface area contributed by atoms with E-state index in [-0.39, 0.29) is 30.1 Å². The van der Waals surface area contributed by atoms with E-state index in [1.165, 1.54) is 0 Å². The highest BCUT2D eigenvalue weighted by Crippen LogP contribution is 2.37. The molecular weight excluding hydrogens is 403 g/mol. The van der Waals surface area contributed by atoms with Gasteiger partial charge in [0.1, 0.15) is 0 Å². The average Bonchev–Trinajstić information content (AvgIpc) is 3.45. The third-order valence-corrected chi connectivity index (χ3v) is 6.35. The smallest absolute Gasteiger partial charge is 0.426 e. The number of nitrogens with one attached hydrogen (secondary N) is 1. The molecule has 1 heterocycles. The molecule has 2 aliphatic rings. The van der Waals surface area contributed by atoms with E-state index in [0.29, 0.717) is 23.8 Å². The summed E-state index contributed by atoms with van der Waals surface area (Å²) in [5, 5.41) is 22.7. The van der Waals surface area contributed by atoms with E-state index in [4.69, 9.17) is 11.6 Å². The number of hydrogen-bond acceptors (Lipinski definition) is 5. The molecule has 0 radical (unpaired) electrons. The number of amides is 1. The highest BCUT2D eigenvalue weighted by Gasteiger charge is 2.39. The number of hydrogen-bond donors (Lipinski definition) is 3. The zero-order chi connectivity index (χ0) is 21.8. The maximum absolute atomic E-state index is 13.0. The van der Waals surface area contributed by atoms with Crippen molar-refractivity contribution in [2.24, 2.45) is 17.8 Å². The van der Waals surface area contributed by atoms with Crippen molar-refractivity contribution in [3.8, 4) is 0 Å². The van der Waals surface area contributed by atoms with E-state index < -0.39 is 19.0 Å². The lowest BCUT2D eigenvalue weighted by atomic mass is 9.74. The van der Waals surface area contributed by atoms with Gasteiger partial charge in [-0.2, -0.15) is 0 Å². The summed E-state index contributed by atoms with van der Waals surface area (Å²) < 4.78 is 0. The van der Waals surface area contributed by atoms with Crippen molar-refractivity contribution in [1.82, 2.24) is 5.32 Å². The Hall–Kier alpha value is -1.57. The minimum atomic E-state index is -1.61. The summed E-state index contributed by atoms with van der Waals surface area (Å²) in [6.45, 7) is 4.74. The van der Waals surface area contributed by atoms with Crippen LogP contribution in [0.25, 0.3) is 0 Å².